The van der Waals surface area contributed by atoms with Gasteiger partial charge >= 0.3 is 0 Å². The van der Waals surface area contributed by atoms with Crippen LogP contribution in [0.2, 0.25) is 5.02 Å². The van der Waals surface area contributed by atoms with Gasteiger partial charge in [0.25, 0.3) is 5.91 Å². The standard InChI is InChI=1S/C33H34ClFN2O3S/c1-20(38)21-7-5-8-22(17-21)23-11-16-28(40-4)24(18-23)19-37(26-14-12-25(13-15-26)36(2)3)33(39)32-31(34)30-27(35)9-6-10-29(30)41-32/h5-11,16-18,25-26H,12-15,19H2,1-4H3. The van der Waals surface area contributed by atoms with E-state index in [1.54, 1.807) is 32.2 Å². The normalized spacial score (nSPS) is 17.1. The van der Waals surface area contributed by atoms with Crippen molar-refractivity contribution >= 4 is 44.7 Å². The lowest BCUT2D eigenvalue weighted by atomic mass is 9.89. The van der Waals surface area contributed by atoms with E-state index in [2.05, 4.69) is 19.0 Å². The van der Waals surface area contributed by atoms with Crippen LogP contribution in [0.4, 0.5) is 4.39 Å². The maximum absolute atomic E-state index is 14.7. The van der Waals surface area contributed by atoms with Crippen LogP contribution in [0, 0.1) is 5.82 Å². The minimum Gasteiger partial charge on any atom is -0.496 e. The number of rotatable bonds is 8. The van der Waals surface area contributed by atoms with E-state index < -0.39 is 5.82 Å². The number of carbonyl (C=O) groups excluding carboxylic acids is 2. The lowest BCUT2D eigenvalue weighted by Gasteiger charge is -2.39. The Morgan fingerprint density at radius 1 is 0.976 bits per heavy atom. The number of ketones is 1. The summed E-state index contributed by atoms with van der Waals surface area (Å²) in [6.07, 6.45) is 3.67. The van der Waals surface area contributed by atoms with Gasteiger partial charge in [-0.1, -0.05) is 41.9 Å². The first-order chi connectivity index (χ1) is 19.7. The summed E-state index contributed by atoms with van der Waals surface area (Å²) in [4.78, 5) is 30.8. The first kappa shape index (κ1) is 29.2. The summed E-state index contributed by atoms with van der Waals surface area (Å²) >= 11 is 7.91. The minimum atomic E-state index is -0.428. The Labute approximate surface area is 249 Å². The predicted molar refractivity (Wildman–Crippen MR) is 165 cm³/mol. The van der Waals surface area contributed by atoms with Crippen LogP contribution in [0.1, 0.15) is 58.2 Å². The largest absolute Gasteiger partial charge is 0.496 e. The fourth-order valence-electron chi connectivity index (χ4n) is 5.77. The number of thiophene rings is 1. The Balaban J connectivity index is 1.54. The fourth-order valence-corrected chi connectivity index (χ4v) is 7.28. The molecule has 1 aliphatic rings. The molecule has 1 saturated carbocycles. The van der Waals surface area contributed by atoms with E-state index in [0.717, 1.165) is 42.4 Å². The van der Waals surface area contributed by atoms with E-state index in [1.807, 2.05) is 41.3 Å². The summed E-state index contributed by atoms with van der Waals surface area (Å²) in [7, 11) is 5.81. The van der Waals surface area contributed by atoms with Gasteiger partial charge in [0.05, 0.1) is 12.1 Å². The SMILES string of the molecule is COc1ccc(-c2cccc(C(C)=O)c2)cc1CN(C(=O)c1sc2cccc(F)c2c1Cl)C1CCC(N(C)C)CC1. The molecule has 1 fully saturated rings. The molecule has 0 bridgehead atoms. The Hall–Kier alpha value is -3.26. The van der Waals surface area contributed by atoms with Crippen LogP contribution in [-0.4, -0.2) is 54.8 Å². The minimum absolute atomic E-state index is 0.000714. The monoisotopic (exact) mass is 592 g/mol. The molecule has 0 atom stereocenters. The second kappa shape index (κ2) is 12.3. The number of hydrogen-bond acceptors (Lipinski definition) is 5. The molecule has 0 saturated heterocycles. The van der Waals surface area contributed by atoms with Crippen molar-refractivity contribution in [1.29, 1.82) is 0 Å². The van der Waals surface area contributed by atoms with E-state index in [-0.39, 0.29) is 22.8 Å². The van der Waals surface area contributed by atoms with Crippen LogP contribution in [-0.2, 0) is 6.54 Å². The van der Waals surface area contributed by atoms with Crippen molar-refractivity contribution in [1.82, 2.24) is 9.80 Å². The van der Waals surface area contributed by atoms with Crippen LogP contribution in [0.3, 0.4) is 0 Å². The van der Waals surface area contributed by atoms with Crippen LogP contribution >= 0.6 is 22.9 Å². The van der Waals surface area contributed by atoms with E-state index in [4.69, 9.17) is 16.3 Å². The predicted octanol–water partition coefficient (Wildman–Crippen LogP) is 8.09. The molecule has 0 radical (unpaired) electrons. The first-order valence-corrected chi connectivity index (χ1v) is 15.0. The van der Waals surface area contributed by atoms with Crippen molar-refractivity contribution in [2.24, 2.45) is 0 Å². The quantitative estimate of drug-likeness (QED) is 0.194. The highest BCUT2D eigenvalue weighted by atomic mass is 35.5. The molecule has 1 aliphatic carbocycles. The molecule has 214 valence electrons. The molecule has 1 aromatic heterocycles. The number of halogens is 2. The lowest BCUT2D eigenvalue weighted by molar-refractivity contribution is 0.0573. The van der Waals surface area contributed by atoms with E-state index >= 15 is 0 Å². The van der Waals surface area contributed by atoms with Gasteiger partial charge in [0, 0.05) is 39.8 Å². The van der Waals surface area contributed by atoms with Crippen molar-refractivity contribution in [2.75, 3.05) is 21.2 Å². The molecule has 5 rings (SSSR count). The van der Waals surface area contributed by atoms with Gasteiger partial charge in [-0.3, -0.25) is 9.59 Å². The van der Waals surface area contributed by atoms with Crippen molar-refractivity contribution < 1.29 is 18.7 Å². The molecule has 0 N–H and O–H groups in total. The highest BCUT2D eigenvalue weighted by Gasteiger charge is 2.33. The third-order valence-corrected chi connectivity index (χ3v) is 9.76. The second-order valence-electron chi connectivity index (χ2n) is 10.9. The van der Waals surface area contributed by atoms with Crippen LogP contribution in [0.25, 0.3) is 21.2 Å². The first-order valence-electron chi connectivity index (χ1n) is 13.8. The Morgan fingerprint density at radius 3 is 2.32 bits per heavy atom. The summed E-state index contributed by atoms with van der Waals surface area (Å²) in [5.41, 5.74) is 3.33. The van der Waals surface area contributed by atoms with Gasteiger partial charge < -0.3 is 14.5 Å². The van der Waals surface area contributed by atoms with E-state index in [9.17, 15) is 14.0 Å². The zero-order chi connectivity index (χ0) is 29.3. The lowest BCUT2D eigenvalue weighted by Crippen LogP contribution is -2.44. The number of ether oxygens (including phenoxy) is 1. The Morgan fingerprint density at radius 2 is 1.66 bits per heavy atom. The van der Waals surface area contributed by atoms with Gasteiger partial charge in [-0.15, -0.1) is 11.3 Å². The van der Waals surface area contributed by atoms with Gasteiger partial charge in [0.15, 0.2) is 5.78 Å². The molecule has 8 heteroatoms. The number of amides is 1. The third-order valence-electron chi connectivity index (χ3n) is 8.12. The summed E-state index contributed by atoms with van der Waals surface area (Å²) in [5, 5.41) is 0.463. The number of methoxy groups -OCH3 is 1. The summed E-state index contributed by atoms with van der Waals surface area (Å²) in [6.45, 7) is 1.87. The highest BCUT2D eigenvalue weighted by Crippen LogP contribution is 2.39. The molecule has 4 aromatic rings. The van der Waals surface area contributed by atoms with Crippen LogP contribution < -0.4 is 4.74 Å². The molecular formula is C33H34ClFN2O3S. The van der Waals surface area contributed by atoms with Crippen LogP contribution in [0.5, 0.6) is 5.75 Å². The van der Waals surface area contributed by atoms with Gasteiger partial charge in [-0.2, -0.15) is 0 Å². The summed E-state index contributed by atoms with van der Waals surface area (Å²) in [5.74, 6) is 0.0463. The second-order valence-corrected chi connectivity index (χ2v) is 12.3. The topological polar surface area (TPSA) is 49.9 Å². The number of hydrogen-bond donors (Lipinski definition) is 0. The molecular weight excluding hydrogens is 559 g/mol. The molecule has 0 spiro atoms. The van der Waals surface area contributed by atoms with Crippen molar-refractivity contribution in [3.8, 4) is 16.9 Å². The van der Waals surface area contributed by atoms with Crippen molar-refractivity contribution in [3.63, 3.8) is 0 Å². The maximum Gasteiger partial charge on any atom is 0.266 e. The van der Waals surface area contributed by atoms with Crippen LogP contribution in [0.15, 0.2) is 60.7 Å². The fraction of sp³-hybridized carbons (Fsp3) is 0.333. The average Bonchev–Trinajstić information content (AvgIpc) is 3.32. The zero-order valence-corrected chi connectivity index (χ0v) is 25.3. The van der Waals surface area contributed by atoms with Gasteiger partial charge in [-0.25, -0.2) is 4.39 Å². The van der Waals surface area contributed by atoms with Gasteiger partial charge in [-0.05, 0) is 88.2 Å². The molecule has 1 heterocycles. The smallest absolute Gasteiger partial charge is 0.266 e. The molecule has 0 unspecified atom stereocenters. The molecule has 3 aromatic carbocycles. The van der Waals surface area contributed by atoms with E-state index in [0.29, 0.717) is 38.9 Å². The highest BCUT2D eigenvalue weighted by molar-refractivity contribution is 7.21. The van der Waals surface area contributed by atoms with Gasteiger partial charge in [0.2, 0.25) is 0 Å². The average molecular weight is 593 g/mol. The number of nitrogens with zero attached hydrogens (tertiary/aromatic N) is 2. The molecule has 1 amide bonds. The summed E-state index contributed by atoms with van der Waals surface area (Å²) in [6, 6.07) is 18.7. The maximum atomic E-state index is 14.7. The number of carbonyl (C=O) groups is 2. The number of benzene rings is 3. The molecule has 5 nitrogen and oxygen atoms in total. The number of fused-ring (bicyclic) bond motifs is 1. The van der Waals surface area contributed by atoms with Crippen molar-refractivity contribution in [3.05, 3.63) is 87.5 Å². The molecule has 0 aliphatic heterocycles. The Bertz CT molecular complexity index is 1590. The zero-order valence-electron chi connectivity index (χ0n) is 23.7. The van der Waals surface area contributed by atoms with E-state index in [1.165, 1.54) is 17.4 Å². The summed E-state index contributed by atoms with van der Waals surface area (Å²) < 4.78 is 21.1. The third kappa shape index (κ3) is 6.03. The Kier molecular flexibility index (Phi) is 8.78. The van der Waals surface area contributed by atoms with Crippen molar-refractivity contribution in [2.45, 2.75) is 51.2 Å². The number of Topliss-reactive ketones (excluding diaryl/α,β-unsaturated/α-hetero) is 1. The molecule has 41 heavy (non-hydrogen) atoms. The van der Waals surface area contributed by atoms with Gasteiger partial charge in [0.1, 0.15) is 16.4 Å².